The average Bonchev–Trinajstić information content (AvgIpc) is 2.69. The van der Waals surface area contributed by atoms with Gasteiger partial charge in [-0.1, -0.05) is 19.8 Å². The molecule has 4 unspecified atom stereocenters. The third-order valence-electron chi connectivity index (χ3n) is 4.59. The highest BCUT2D eigenvalue weighted by molar-refractivity contribution is 4.86. The van der Waals surface area contributed by atoms with Crippen LogP contribution in [0, 0.1) is 11.8 Å². The Kier molecular flexibility index (Phi) is 4.83. The van der Waals surface area contributed by atoms with E-state index in [4.69, 9.17) is 5.73 Å². The highest BCUT2D eigenvalue weighted by Gasteiger charge is 2.31. The van der Waals surface area contributed by atoms with Gasteiger partial charge in [-0.05, 0) is 37.5 Å². The third-order valence-corrected chi connectivity index (χ3v) is 4.59. The van der Waals surface area contributed by atoms with Crippen molar-refractivity contribution in [1.82, 2.24) is 4.90 Å². The van der Waals surface area contributed by atoms with Crippen LogP contribution < -0.4 is 5.73 Å². The molecule has 0 radical (unpaired) electrons. The molecular weight excluding hydrogens is 212 g/mol. The van der Waals surface area contributed by atoms with Crippen molar-refractivity contribution in [1.29, 1.82) is 0 Å². The summed E-state index contributed by atoms with van der Waals surface area (Å²) in [6.07, 6.45) is 7.35. The highest BCUT2D eigenvalue weighted by Crippen LogP contribution is 2.32. The van der Waals surface area contributed by atoms with E-state index >= 15 is 0 Å². The molecule has 17 heavy (non-hydrogen) atoms. The van der Waals surface area contributed by atoms with Crippen LogP contribution in [0.3, 0.4) is 0 Å². The summed E-state index contributed by atoms with van der Waals surface area (Å²) in [6, 6.07) is 0.390. The summed E-state index contributed by atoms with van der Waals surface area (Å²) in [4.78, 5) is 2.41. The summed E-state index contributed by atoms with van der Waals surface area (Å²) < 4.78 is 0. The van der Waals surface area contributed by atoms with E-state index < -0.39 is 0 Å². The van der Waals surface area contributed by atoms with Crippen LogP contribution >= 0.6 is 0 Å². The normalized spacial score (nSPS) is 39.7. The molecule has 0 bridgehead atoms. The first-order valence-electron chi connectivity index (χ1n) is 7.35. The van der Waals surface area contributed by atoms with Crippen molar-refractivity contribution in [3.63, 3.8) is 0 Å². The number of β-amino-alcohol motifs (C(OH)–C–C–N with tert-alkyl or cyclic N) is 1. The van der Waals surface area contributed by atoms with Gasteiger partial charge in [0.2, 0.25) is 0 Å². The lowest BCUT2D eigenvalue weighted by atomic mass is 9.76. The largest absolute Gasteiger partial charge is 0.392 e. The van der Waals surface area contributed by atoms with Crippen LogP contribution in [-0.2, 0) is 0 Å². The molecule has 3 nitrogen and oxygen atoms in total. The van der Waals surface area contributed by atoms with E-state index in [1.54, 1.807) is 0 Å². The second-order valence-electron chi connectivity index (χ2n) is 6.09. The number of hydrogen-bond donors (Lipinski definition) is 2. The second-order valence-corrected chi connectivity index (χ2v) is 6.09. The molecule has 0 aromatic heterocycles. The number of nitrogens with zero attached hydrogens (tertiary/aromatic N) is 1. The van der Waals surface area contributed by atoms with Crippen molar-refractivity contribution in [3.8, 4) is 0 Å². The Balaban J connectivity index is 1.81. The fourth-order valence-corrected chi connectivity index (χ4v) is 3.57. The molecule has 1 heterocycles. The standard InChI is InChI=1S/C14H28N2O/c1-2-3-11-4-5-14(15)12(8-11)9-16-7-6-13(17)10-16/h11-14,17H,2-10,15H2,1H3. The minimum Gasteiger partial charge on any atom is -0.392 e. The molecule has 1 saturated heterocycles. The fraction of sp³-hybridized carbons (Fsp3) is 1.00. The van der Waals surface area contributed by atoms with Gasteiger partial charge in [0.15, 0.2) is 0 Å². The van der Waals surface area contributed by atoms with E-state index in [0.29, 0.717) is 12.0 Å². The molecule has 0 aromatic rings. The minimum absolute atomic E-state index is 0.0961. The van der Waals surface area contributed by atoms with Crippen LogP contribution in [0.1, 0.15) is 45.4 Å². The first-order valence-corrected chi connectivity index (χ1v) is 7.35. The maximum atomic E-state index is 9.56. The Morgan fingerprint density at radius 3 is 2.76 bits per heavy atom. The Hall–Kier alpha value is -0.120. The minimum atomic E-state index is -0.0961. The summed E-state index contributed by atoms with van der Waals surface area (Å²) in [5.41, 5.74) is 6.26. The van der Waals surface area contributed by atoms with Crippen LogP contribution in [0.4, 0.5) is 0 Å². The van der Waals surface area contributed by atoms with Crippen LogP contribution in [0.2, 0.25) is 0 Å². The number of rotatable bonds is 4. The van der Waals surface area contributed by atoms with Crippen LogP contribution in [0.5, 0.6) is 0 Å². The summed E-state index contributed by atoms with van der Waals surface area (Å²) in [5.74, 6) is 1.56. The first-order chi connectivity index (χ1) is 8.19. The Labute approximate surface area is 105 Å². The van der Waals surface area contributed by atoms with Crippen molar-refractivity contribution < 1.29 is 5.11 Å². The molecule has 1 aliphatic carbocycles. The highest BCUT2D eigenvalue weighted by atomic mass is 16.3. The topological polar surface area (TPSA) is 49.5 Å². The molecule has 0 amide bonds. The van der Waals surface area contributed by atoms with Gasteiger partial charge in [0.1, 0.15) is 0 Å². The van der Waals surface area contributed by atoms with E-state index in [2.05, 4.69) is 11.8 Å². The smallest absolute Gasteiger partial charge is 0.0679 e. The second kappa shape index (κ2) is 6.17. The van der Waals surface area contributed by atoms with Gasteiger partial charge in [-0.3, -0.25) is 0 Å². The van der Waals surface area contributed by atoms with Gasteiger partial charge in [0.25, 0.3) is 0 Å². The maximum absolute atomic E-state index is 9.56. The zero-order valence-electron chi connectivity index (χ0n) is 11.1. The van der Waals surface area contributed by atoms with Gasteiger partial charge >= 0.3 is 0 Å². The average molecular weight is 240 g/mol. The molecule has 0 aromatic carbocycles. The van der Waals surface area contributed by atoms with Crippen LogP contribution in [0.25, 0.3) is 0 Å². The Bertz CT molecular complexity index is 234. The van der Waals surface area contributed by atoms with E-state index in [1.807, 2.05) is 0 Å². The zero-order chi connectivity index (χ0) is 12.3. The summed E-state index contributed by atoms with van der Waals surface area (Å²) in [5, 5.41) is 9.56. The van der Waals surface area contributed by atoms with Gasteiger partial charge in [-0.15, -0.1) is 0 Å². The molecule has 2 fully saturated rings. The number of hydrogen-bond acceptors (Lipinski definition) is 3. The lowest BCUT2D eigenvalue weighted by Gasteiger charge is -2.36. The Morgan fingerprint density at radius 2 is 2.12 bits per heavy atom. The van der Waals surface area contributed by atoms with Gasteiger partial charge in [0, 0.05) is 25.7 Å². The van der Waals surface area contributed by atoms with E-state index in [1.165, 1.54) is 32.1 Å². The fourth-order valence-electron chi connectivity index (χ4n) is 3.57. The predicted molar refractivity (Wildman–Crippen MR) is 70.8 cm³/mol. The van der Waals surface area contributed by atoms with Crippen LogP contribution in [-0.4, -0.2) is 41.8 Å². The van der Waals surface area contributed by atoms with Crippen molar-refractivity contribution in [3.05, 3.63) is 0 Å². The van der Waals surface area contributed by atoms with Gasteiger partial charge < -0.3 is 15.7 Å². The molecule has 2 aliphatic rings. The SMILES string of the molecule is CCCC1CCC(N)C(CN2CCC(O)C2)C1. The molecule has 1 saturated carbocycles. The van der Waals surface area contributed by atoms with E-state index in [9.17, 15) is 5.11 Å². The zero-order valence-corrected chi connectivity index (χ0v) is 11.1. The van der Waals surface area contributed by atoms with E-state index in [0.717, 1.165) is 32.0 Å². The predicted octanol–water partition coefficient (Wildman–Crippen LogP) is 1.60. The molecule has 1 aliphatic heterocycles. The monoisotopic (exact) mass is 240 g/mol. The van der Waals surface area contributed by atoms with Crippen molar-refractivity contribution in [2.45, 2.75) is 57.6 Å². The molecular formula is C14H28N2O. The van der Waals surface area contributed by atoms with Gasteiger partial charge in [-0.25, -0.2) is 0 Å². The first kappa shape index (κ1) is 13.3. The number of likely N-dealkylation sites (tertiary alicyclic amines) is 1. The number of aliphatic hydroxyl groups excluding tert-OH is 1. The van der Waals surface area contributed by atoms with Crippen molar-refractivity contribution >= 4 is 0 Å². The quantitative estimate of drug-likeness (QED) is 0.784. The maximum Gasteiger partial charge on any atom is 0.0679 e. The molecule has 4 atom stereocenters. The summed E-state index contributed by atoms with van der Waals surface area (Å²) >= 11 is 0. The molecule has 100 valence electrons. The lowest BCUT2D eigenvalue weighted by molar-refractivity contribution is 0.143. The number of nitrogens with two attached hydrogens (primary N) is 1. The lowest BCUT2D eigenvalue weighted by Crippen LogP contribution is -2.42. The molecule has 3 heteroatoms. The van der Waals surface area contributed by atoms with E-state index in [-0.39, 0.29) is 6.10 Å². The van der Waals surface area contributed by atoms with Crippen molar-refractivity contribution in [2.75, 3.05) is 19.6 Å². The van der Waals surface area contributed by atoms with Crippen molar-refractivity contribution in [2.24, 2.45) is 17.6 Å². The molecule has 0 spiro atoms. The third kappa shape index (κ3) is 3.67. The van der Waals surface area contributed by atoms with Crippen LogP contribution in [0.15, 0.2) is 0 Å². The summed E-state index contributed by atoms with van der Waals surface area (Å²) in [7, 11) is 0. The molecule has 3 N–H and O–H groups in total. The number of aliphatic hydroxyl groups is 1. The molecule has 2 rings (SSSR count). The summed E-state index contributed by atoms with van der Waals surface area (Å²) in [6.45, 7) is 5.31. The Morgan fingerprint density at radius 1 is 1.29 bits per heavy atom. The van der Waals surface area contributed by atoms with Gasteiger partial charge in [-0.2, -0.15) is 0 Å². The van der Waals surface area contributed by atoms with Gasteiger partial charge in [0.05, 0.1) is 6.10 Å².